The van der Waals surface area contributed by atoms with Crippen molar-refractivity contribution in [2.75, 3.05) is 19.6 Å². The lowest BCUT2D eigenvalue weighted by Crippen LogP contribution is -2.49. The van der Waals surface area contributed by atoms with Crippen molar-refractivity contribution in [3.63, 3.8) is 0 Å². The number of aromatic nitrogens is 3. The first-order chi connectivity index (χ1) is 12.1. The molecule has 0 aliphatic carbocycles. The number of nitrogens with zero attached hydrogens (tertiary/aromatic N) is 4. The van der Waals surface area contributed by atoms with Crippen LogP contribution >= 0.6 is 11.6 Å². The van der Waals surface area contributed by atoms with Crippen LogP contribution in [0.4, 0.5) is 0 Å². The van der Waals surface area contributed by atoms with Crippen LogP contribution in [-0.4, -0.2) is 45.0 Å². The summed E-state index contributed by atoms with van der Waals surface area (Å²) in [4.78, 5) is 23.9. The number of hydrogen-bond donors (Lipinski definition) is 1. The number of hydrogen-bond acceptors (Lipinski definition) is 4. The Bertz CT molecular complexity index is 938. The number of piperazine rings is 1. The number of aryl methyl sites for hydroxylation is 1. The summed E-state index contributed by atoms with van der Waals surface area (Å²) < 4.78 is 1.95. The van der Waals surface area contributed by atoms with Crippen LogP contribution in [0.5, 0.6) is 0 Å². The summed E-state index contributed by atoms with van der Waals surface area (Å²) in [5, 5.41) is 4.91. The minimum atomic E-state index is -0.113. The normalized spacial score (nSPS) is 17.8. The van der Waals surface area contributed by atoms with Crippen molar-refractivity contribution in [2.24, 2.45) is 7.05 Å². The van der Waals surface area contributed by atoms with Crippen LogP contribution in [-0.2, 0) is 7.05 Å². The Balaban J connectivity index is 1.69. The number of halogens is 1. The van der Waals surface area contributed by atoms with Gasteiger partial charge in [0.15, 0.2) is 0 Å². The maximum absolute atomic E-state index is 13.1. The Labute approximate surface area is 150 Å². The molecule has 4 rings (SSSR count). The molecule has 0 spiro atoms. The van der Waals surface area contributed by atoms with Gasteiger partial charge in [-0.25, -0.2) is 9.97 Å². The fourth-order valence-corrected chi connectivity index (χ4v) is 3.40. The van der Waals surface area contributed by atoms with Gasteiger partial charge < -0.3 is 14.8 Å². The first-order valence-corrected chi connectivity index (χ1v) is 8.56. The highest BCUT2D eigenvalue weighted by atomic mass is 35.5. The lowest BCUT2D eigenvalue weighted by Gasteiger charge is -2.35. The van der Waals surface area contributed by atoms with Crippen molar-refractivity contribution >= 4 is 28.4 Å². The maximum Gasteiger partial charge on any atom is 0.273 e. The van der Waals surface area contributed by atoms with Gasteiger partial charge in [0.2, 0.25) is 0 Å². The molecule has 25 heavy (non-hydrogen) atoms. The van der Waals surface area contributed by atoms with E-state index in [2.05, 4.69) is 15.3 Å². The molecule has 1 N–H and O–H groups in total. The van der Waals surface area contributed by atoms with Crippen molar-refractivity contribution in [1.29, 1.82) is 0 Å². The maximum atomic E-state index is 13.1. The Morgan fingerprint density at radius 1 is 1.32 bits per heavy atom. The second-order valence-electron chi connectivity index (χ2n) is 6.15. The smallest absolute Gasteiger partial charge is 0.273 e. The standard InChI is InChI=1S/C18H18ClN5O/c1-23-8-7-21-17(23)16-11-20-6-9-24(16)18(25)14-5-3-12-2-4-13(19)10-15(12)22-14/h2-5,7-8,10,16,20H,6,9,11H2,1H3. The molecule has 3 aromatic rings. The molecule has 1 aromatic carbocycles. The van der Waals surface area contributed by atoms with Crippen molar-refractivity contribution in [1.82, 2.24) is 24.8 Å². The minimum Gasteiger partial charge on any atom is -0.336 e. The molecule has 1 fully saturated rings. The summed E-state index contributed by atoms with van der Waals surface area (Å²) in [6.07, 6.45) is 3.64. The Morgan fingerprint density at radius 2 is 2.16 bits per heavy atom. The van der Waals surface area contributed by atoms with E-state index >= 15 is 0 Å². The van der Waals surface area contributed by atoms with Crippen molar-refractivity contribution in [2.45, 2.75) is 6.04 Å². The Morgan fingerprint density at radius 3 is 2.96 bits per heavy atom. The lowest BCUT2D eigenvalue weighted by molar-refractivity contribution is 0.0615. The summed E-state index contributed by atoms with van der Waals surface area (Å²) >= 11 is 6.05. The van der Waals surface area contributed by atoms with Crippen molar-refractivity contribution in [3.05, 3.63) is 59.3 Å². The first-order valence-electron chi connectivity index (χ1n) is 8.19. The van der Waals surface area contributed by atoms with Gasteiger partial charge in [-0.1, -0.05) is 23.7 Å². The molecule has 0 bridgehead atoms. The number of carbonyl (C=O) groups excluding carboxylic acids is 1. The number of benzene rings is 1. The molecule has 3 heterocycles. The van der Waals surface area contributed by atoms with E-state index < -0.39 is 0 Å². The third kappa shape index (κ3) is 2.99. The third-order valence-corrected chi connectivity index (χ3v) is 4.77. The number of amides is 1. The molecule has 1 unspecified atom stereocenters. The van der Waals surface area contributed by atoms with E-state index in [-0.39, 0.29) is 11.9 Å². The van der Waals surface area contributed by atoms with Crippen LogP contribution in [0.3, 0.4) is 0 Å². The second-order valence-corrected chi connectivity index (χ2v) is 6.58. The Kier molecular flexibility index (Phi) is 4.15. The number of pyridine rings is 1. The Hall–Kier alpha value is -2.44. The molecule has 1 aliphatic heterocycles. The van der Waals surface area contributed by atoms with E-state index in [0.29, 0.717) is 23.8 Å². The van der Waals surface area contributed by atoms with Gasteiger partial charge >= 0.3 is 0 Å². The molecule has 1 saturated heterocycles. The SMILES string of the molecule is Cn1ccnc1C1CNCCN1C(=O)c1ccc2ccc(Cl)cc2n1. The van der Waals surface area contributed by atoms with E-state index in [4.69, 9.17) is 11.6 Å². The number of rotatable bonds is 2. The monoisotopic (exact) mass is 355 g/mol. The van der Waals surface area contributed by atoms with E-state index in [0.717, 1.165) is 23.3 Å². The highest BCUT2D eigenvalue weighted by molar-refractivity contribution is 6.31. The zero-order valence-corrected chi connectivity index (χ0v) is 14.6. The molecular formula is C18H18ClN5O. The zero-order valence-electron chi connectivity index (χ0n) is 13.8. The van der Waals surface area contributed by atoms with Crippen LogP contribution in [0.15, 0.2) is 42.7 Å². The number of imidazole rings is 1. The van der Waals surface area contributed by atoms with Gasteiger partial charge in [-0.3, -0.25) is 4.79 Å². The van der Waals surface area contributed by atoms with Crippen LogP contribution in [0.1, 0.15) is 22.4 Å². The van der Waals surface area contributed by atoms with Gasteiger partial charge in [0.1, 0.15) is 17.6 Å². The zero-order chi connectivity index (χ0) is 17.4. The molecule has 2 aromatic heterocycles. The fourth-order valence-electron chi connectivity index (χ4n) is 3.23. The summed E-state index contributed by atoms with van der Waals surface area (Å²) in [6.45, 7) is 2.05. The van der Waals surface area contributed by atoms with Crippen molar-refractivity contribution in [3.8, 4) is 0 Å². The molecule has 128 valence electrons. The van der Waals surface area contributed by atoms with E-state index in [9.17, 15) is 4.79 Å². The molecular weight excluding hydrogens is 338 g/mol. The molecule has 0 saturated carbocycles. The number of fused-ring (bicyclic) bond motifs is 1. The van der Waals surface area contributed by atoms with E-state index in [1.54, 1.807) is 18.3 Å². The van der Waals surface area contributed by atoms with E-state index in [1.807, 2.05) is 40.9 Å². The minimum absolute atomic E-state index is 0.0867. The molecule has 0 radical (unpaired) electrons. The average molecular weight is 356 g/mol. The van der Waals surface area contributed by atoms with Crippen LogP contribution < -0.4 is 5.32 Å². The number of carbonyl (C=O) groups is 1. The van der Waals surface area contributed by atoms with Gasteiger partial charge in [0.05, 0.1) is 5.52 Å². The quantitative estimate of drug-likeness (QED) is 0.766. The largest absolute Gasteiger partial charge is 0.336 e. The molecule has 6 nitrogen and oxygen atoms in total. The summed E-state index contributed by atoms with van der Waals surface area (Å²) in [6, 6.07) is 9.07. The summed E-state index contributed by atoms with van der Waals surface area (Å²) in [5.41, 5.74) is 1.15. The first kappa shape index (κ1) is 16.1. The predicted octanol–water partition coefficient (Wildman–Crippen LogP) is 2.41. The summed E-state index contributed by atoms with van der Waals surface area (Å²) in [7, 11) is 1.94. The molecule has 1 amide bonds. The van der Waals surface area contributed by atoms with Crippen LogP contribution in [0, 0.1) is 0 Å². The topological polar surface area (TPSA) is 63.1 Å². The lowest BCUT2D eigenvalue weighted by atomic mass is 10.1. The van der Waals surface area contributed by atoms with Crippen molar-refractivity contribution < 1.29 is 4.79 Å². The molecule has 1 atom stereocenters. The predicted molar refractivity (Wildman–Crippen MR) is 96.6 cm³/mol. The van der Waals surface area contributed by atoms with Gasteiger partial charge in [-0.15, -0.1) is 0 Å². The van der Waals surface area contributed by atoms with Gasteiger partial charge in [0, 0.05) is 49.5 Å². The van der Waals surface area contributed by atoms with E-state index in [1.165, 1.54) is 0 Å². The molecule has 1 aliphatic rings. The van der Waals surface area contributed by atoms with Crippen LogP contribution in [0.2, 0.25) is 5.02 Å². The highest BCUT2D eigenvalue weighted by Crippen LogP contribution is 2.24. The van der Waals surface area contributed by atoms with Gasteiger partial charge in [-0.05, 0) is 18.2 Å². The average Bonchev–Trinajstić information content (AvgIpc) is 3.06. The fraction of sp³-hybridized carbons (Fsp3) is 0.278. The summed E-state index contributed by atoms with van der Waals surface area (Å²) in [5.74, 6) is 0.778. The highest BCUT2D eigenvalue weighted by Gasteiger charge is 2.31. The second kappa shape index (κ2) is 6.46. The van der Waals surface area contributed by atoms with Gasteiger partial charge in [0.25, 0.3) is 5.91 Å². The van der Waals surface area contributed by atoms with Crippen LogP contribution in [0.25, 0.3) is 10.9 Å². The number of nitrogens with one attached hydrogen (secondary N) is 1. The third-order valence-electron chi connectivity index (χ3n) is 4.53. The van der Waals surface area contributed by atoms with Gasteiger partial charge in [-0.2, -0.15) is 0 Å². The molecule has 7 heteroatoms.